The quantitative estimate of drug-likeness (QED) is 0.326. The summed E-state index contributed by atoms with van der Waals surface area (Å²) in [7, 11) is 4.02. The summed E-state index contributed by atoms with van der Waals surface area (Å²) in [4.78, 5) is 19.0. The smallest absolute Gasteiger partial charge is 0.283 e. The first-order valence-corrected chi connectivity index (χ1v) is 9.95. The van der Waals surface area contributed by atoms with E-state index in [1.807, 2.05) is 38.5 Å². The number of anilines is 1. The lowest BCUT2D eigenvalue weighted by atomic mass is 10.2. The number of nitrogens with zero attached hydrogens (tertiary/aromatic N) is 4. The first-order chi connectivity index (χ1) is 14.0. The van der Waals surface area contributed by atoms with E-state index in [0.29, 0.717) is 11.4 Å². The number of aromatic nitrogens is 2. The van der Waals surface area contributed by atoms with Crippen LogP contribution in [0.15, 0.2) is 83.0 Å². The molecule has 0 unspecified atom stereocenters. The fourth-order valence-electron chi connectivity index (χ4n) is 3.24. The highest BCUT2D eigenvalue weighted by molar-refractivity contribution is 7.99. The molecular weight excluding hydrogens is 384 g/mol. The molecule has 0 fully saturated rings. The standard InChI is InChI=1S/C22H20N4O2S/c1-24(2)17-9-10-18-20(12-17)25(14-16-6-5-11-23-13-16)15-22(18)29-21-8-4-3-7-19(21)26(27)28/h3-13,15H,14H2,1-2H3. The van der Waals surface area contributed by atoms with Gasteiger partial charge in [-0.1, -0.05) is 30.0 Å². The molecule has 0 atom stereocenters. The monoisotopic (exact) mass is 404 g/mol. The van der Waals surface area contributed by atoms with Crippen molar-refractivity contribution in [3.8, 4) is 0 Å². The first kappa shape index (κ1) is 19.0. The molecule has 0 bridgehead atoms. The number of fused-ring (bicyclic) bond motifs is 1. The van der Waals surface area contributed by atoms with Gasteiger partial charge in [0.2, 0.25) is 0 Å². The Morgan fingerprint density at radius 3 is 2.66 bits per heavy atom. The van der Waals surface area contributed by atoms with Crippen LogP contribution in [0.5, 0.6) is 0 Å². The Hall–Kier alpha value is -3.32. The van der Waals surface area contributed by atoms with Gasteiger partial charge in [-0.3, -0.25) is 15.1 Å². The van der Waals surface area contributed by atoms with Crippen LogP contribution in [0.2, 0.25) is 0 Å². The van der Waals surface area contributed by atoms with E-state index in [-0.39, 0.29) is 10.6 Å². The van der Waals surface area contributed by atoms with E-state index >= 15 is 0 Å². The van der Waals surface area contributed by atoms with Gasteiger partial charge >= 0.3 is 0 Å². The fourth-order valence-corrected chi connectivity index (χ4v) is 4.33. The molecule has 29 heavy (non-hydrogen) atoms. The number of nitro groups is 1. The molecule has 0 saturated carbocycles. The van der Waals surface area contributed by atoms with Crippen LogP contribution in [0.1, 0.15) is 5.56 Å². The number of hydrogen-bond donors (Lipinski definition) is 0. The van der Waals surface area contributed by atoms with Crippen LogP contribution in [-0.2, 0) is 6.54 Å². The maximum absolute atomic E-state index is 11.4. The molecule has 0 saturated heterocycles. The minimum Gasteiger partial charge on any atom is -0.378 e. The van der Waals surface area contributed by atoms with Gasteiger partial charge in [0.15, 0.2) is 0 Å². The van der Waals surface area contributed by atoms with E-state index in [2.05, 4.69) is 38.8 Å². The average molecular weight is 404 g/mol. The van der Waals surface area contributed by atoms with E-state index in [4.69, 9.17) is 0 Å². The fraction of sp³-hybridized carbons (Fsp3) is 0.136. The topological polar surface area (TPSA) is 64.2 Å². The lowest BCUT2D eigenvalue weighted by Gasteiger charge is -2.13. The van der Waals surface area contributed by atoms with E-state index < -0.39 is 0 Å². The van der Waals surface area contributed by atoms with Crippen LogP contribution in [0.4, 0.5) is 11.4 Å². The third-order valence-corrected chi connectivity index (χ3v) is 5.81. The summed E-state index contributed by atoms with van der Waals surface area (Å²) in [5, 5.41) is 12.5. The molecule has 0 amide bonds. The van der Waals surface area contributed by atoms with Crippen molar-refractivity contribution < 1.29 is 4.92 Å². The van der Waals surface area contributed by atoms with Crippen LogP contribution < -0.4 is 4.90 Å². The summed E-state index contributed by atoms with van der Waals surface area (Å²) in [6, 6.07) is 17.1. The van der Waals surface area contributed by atoms with Crippen molar-refractivity contribution in [1.82, 2.24) is 9.55 Å². The highest BCUT2D eigenvalue weighted by atomic mass is 32.2. The van der Waals surface area contributed by atoms with Gasteiger partial charge in [-0.2, -0.15) is 0 Å². The Kier molecular flexibility index (Phi) is 5.22. The summed E-state index contributed by atoms with van der Waals surface area (Å²) in [5.41, 5.74) is 3.41. The molecule has 4 rings (SSSR count). The molecule has 2 aromatic carbocycles. The molecule has 7 heteroatoms. The Balaban J connectivity index is 1.81. The van der Waals surface area contributed by atoms with Crippen molar-refractivity contribution in [2.24, 2.45) is 0 Å². The maximum atomic E-state index is 11.4. The molecule has 2 aromatic heterocycles. The normalized spacial score (nSPS) is 11.0. The predicted molar refractivity (Wildman–Crippen MR) is 117 cm³/mol. The van der Waals surface area contributed by atoms with Gasteiger partial charge in [0, 0.05) is 61.3 Å². The van der Waals surface area contributed by atoms with Crippen molar-refractivity contribution >= 4 is 34.0 Å². The number of benzene rings is 2. The van der Waals surface area contributed by atoms with Gasteiger partial charge < -0.3 is 9.47 Å². The molecular formula is C22H20N4O2S. The zero-order valence-electron chi connectivity index (χ0n) is 16.1. The lowest BCUT2D eigenvalue weighted by Crippen LogP contribution is -2.08. The summed E-state index contributed by atoms with van der Waals surface area (Å²) in [5.74, 6) is 0. The second-order valence-electron chi connectivity index (χ2n) is 6.91. The van der Waals surface area contributed by atoms with Gasteiger partial charge in [0.05, 0.1) is 15.3 Å². The van der Waals surface area contributed by atoms with E-state index in [1.54, 1.807) is 24.4 Å². The van der Waals surface area contributed by atoms with Crippen LogP contribution in [0.25, 0.3) is 10.9 Å². The highest BCUT2D eigenvalue weighted by Crippen LogP contribution is 2.40. The minimum absolute atomic E-state index is 0.121. The van der Waals surface area contributed by atoms with E-state index in [9.17, 15) is 10.1 Å². The van der Waals surface area contributed by atoms with E-state index in [1.165, 1.54) is 11.8 Å². The molecule has 6 nitrogen and oxygen atoms in total. The average Bonchev–Trinajstić information content (AvgIpc) is 3.05. The lowest BCUT2D eigenvalue weighted by molar-refractivity contribution is -0.387. The van der Waals surface area contributed by atoms with Crippen molar-refractivity contribution in [3.05, 3.63) is 88.9 Å². The van der Waals surface area contributed by atoms with Crippen molar-refractivity contribution in [2.75, 3.05) is 19.0 Å². The summed E-state index contributed by atoms with van der Waals surface area (Å²) in [6.07, 6.45) is 5.69. The van der Waals surface area contributed by atoms with Crippen LogP contribution in [0.3, 0.4) is 0 Å². The van der Waals surface area contributed by atoms with Crippen LogP contribution >= 0.6 is 11.8 Å². The molecule has 2 heterocycles. The third kappa shape index (κ3) is 3.95. The largest absolute Gasteiger partial charge is 0.378 e. The molecule has 146 valence electrons. The van der Waals surface area contributed by atoms with Gasteiger partial charge in [-0.15, -0.1) is 0 Å². The van der Waals surface area contributed by atoms with Crippen molar-refractivity contribution in [2.45, 2.75) is 16.3 Å². The van der Waals surface area contributed by atoms with Gasteiger partial charge in [0.25, 0.3) is 5.69 Å². The predicted octanol–water partition coefficient (Wildman–Crippen LogP) is 5.21. The SMILES string of the molecule is CN(C)c1ccc2c(Sc3ccccc3[N+](=O)[O-])cn(Cc3cccnc3)c2c1. The molecule has 0 aliphatic carbocycles. The number of nitro benzene ring substituents is 1. The third-order valence-electron chi connectivity index (χ3n) is 4.70. The number of pyridine rings is 1. The number of hydrogen-bond acceptors (Lipinski definition) is 5. The number of para-hydroxylation sites is 1. The zero-order valence-corrected chi connectivity index (χ0v) is 17.0. The second-order valence-corrected chi connectivity index (χ2v) is 7.99. The zero-order chi connectivity index (χ0) is 20.4. The van der Waals surface area contributed by atoms with Crippen LogP contribution in [0, 0.1) is 10.1 Å². The highest BCUT2D eigenvalue weighted by Gasteiger charge is 2.17. The number of rotatable bonds is 6. The van der Waals surface area contributed by atoms with Gasteiger partial charge in [-0.25, -0.2) is 0 Å². The Morgan fingerprint density at radius 2 is 1.93 bits per heavy atom. The van der Waals surface area contributed by atoms with Crippen molar-refractivity contribution in [3.63, 3.8) is 0 Å². The van der Waals surface area contributed by atoms with Crippen molar-refractivity contribution in [1.29, 1.82) is 0 Å². The Labute approximate surface area is 172 Å². The van der Waals surface area contributed by atoms with E-state index in [0.717, 1.165) is 27.0 Å². The second kappa shape index (κ2) is 7.97. The Bertz CT molecular complexity index is 1170. The summed E-state index contributed by atoms with van der Waals surface area (Å²) >= 11 is 1.43. The molecule has 0 N–H and O–H groups in total. The summed E-state index contributed by atoms with van der Waals surface area (Å²) < 4.78 is 2.18. The van der Waals surface area contributed by atoms with Gasteiger partial charge in [0.1, 0.15) is 0 Å². The van der Waals surface area contributed by atoms with Crippen LogP contribution in [-0.4, -0.2) is 28.6 Å². The molecule has 0 aliphatic rings. The first-order valence-electron chi connectivity index (χ1n) is 9.13. The summed E-state index contributed by atoms with van der Waals surface area (Å²) in [6.45, 7) is 0.679. The maximum Gasteiger partial charge on any atom is 0.283 e. The Morgan fingerprint density at radius 1 is 1.10 bits per heavy atom. The molecule has 0 aliphatic heterocycles. The van der Waals surface area contributed by atoms with Gasteiger partial charge in [-0.05, 0) is 35.9 Å². The molecule has 0 spiro atoms. The molecule has 4 aromatic rings. The minimum atomic E-state index is -0.332. The molecule has 0 radical (unpaired) electrons.